The van der Waals surface area contributed by atoms with Crippen molar-refractivity contribution in [2.75, 3.05) is 20.2 Å². The van der Waals surface area contributed by atoms with E-state index in [1.54, 1.807) is 22.8 Å². The molecule has 3 aromatic rings. The normalized spacial score (nSPS) is 15.4. The third kappa shape index (κ3) is 3.38. The molecule has 0 saturated carbocycles. The van der Waals surface area contributed by atoms with Gasteiger partial charge in [-0.1, -0.05) is 30.3 Å². The summed E-state index contributed by atoms with van der Waals surface area (Å²) in [6.45, 7) is 2.75. The Kier molecular flexibility index (Phi) is 4.54. The fourth-order valence-corrected chi connectivity index (χ4v) is 3.20. The molecule has 0 fully saturated rings. The molecular weight excluding hydrogens is 342 g/mol. The van der Waals surface area contributed by atoms with E-state index in [0.717, 1.165) is 17.1 Å². The fourth-order valence-electron chi connectivity index (χ4n) is 3.20. The molecule has 1 amide bonds. The Bertz CT molecular complexity index is 952. The lowest BCUT2D eigenvalue weighted by Gasteiger charge is -2.29. The Morgan fingerprint density at radius 3 is 2.63 bits per heavy atom. The van der Waals surface area contributed by atoms with Crippen molar-refractivity contribution in [3.63, 3.8) is 0 Å². The molecule has 0 N–H and O–H groups in total. The lowest BCUT2D eigenvalue weighted by molar-refractivity contribution is 0.0520. The Hall–Kier alpha value is -3.28. The molecule has 27 heavy (non-hydrogen) atoms. The molecule has 0 saturated heterocycles. The maximum Gasteiger partial charge on any atom is 0.257 e. The van der Waals surface area contributed by atoms with E-state index in [1.807, 2.05) is 61.5 Å². The highest BCUT2D eigenvalue weighted by Crippen LogP contribution is 2.31. The second-order valence-electron chi connectivity index (χ2n) is 6.57. The molecule has 4 rings (SSSR count). The Morgan fingerprint density at radius 2 is 1.85 bits per heavy atom. The minimum absolute atomic E-state index is 0.0860. The smallest absolute Gasteiger partial charge is 0.257 e. The van der Waals surface area contributed by atoms with Crippen LogP contribution in [0.5, 0.6) is 11.5 Å². The number of para-hydroxylation sites is 3. The maximum atomic E-state index is 12.9. The van der Waals surface area contributed by atoms with Gasteiger partial charge in [0, 0.05) is 7.05 Å². The van der Waals surface area contributed by atoms with Crippen molar-refractivity contribution in [1.82, 2.24) is 14.7 Å². The quantitative estimate of drug-likeness (QED) is 0.715. The van der Waals surface area contributed by atoms with Crippen molar-refractivity contribution in [1.29, 1.82) is 0 Å². The van der Waals surface area contributed by atoms with E-state index in [-0.39, 0.29) is 12.0 Å². The SMILES string of the molecule is Cc1c(C(=O)N(C)C[C@@H]2COc3ccccc3O2)cnn1-c1ccccc1. The van der Waals surface area contributed by atoms with Crippen LogP contribution < -0.4 is 9.47 Å². The van der Waals surface area contributed by atoms with Crippen molar-refractivity contribution < 1.29 is 14.3 Å². The topological polar surface area (TPSA) is 56.6 Å². The minimum Gasteiger partial charge on any atom is -0.486 e. The van der Waals surface area contributed by atoms with Crippen LogP contribution in [0.4, 0.5) is 0 Å². The van der Waals surface area contributed by atoms with Crippen LogP contribution in [0, 0.1) is 6.92 Å². The monoisotopic (exact) mass is 363 g/mol. The van der Waals surface area contributed by atoms with Crippen molar-refractivity contribution in [2.24, 2.45) is 0 Å². The first-order valence-electron chi connectivity index (χ1n) is 8.87. The first-order chi connectivity index (χ1) is 13.1. The summed E-state index contributed by atoms with van der Waals surface area (Å²) >= 11 is 0. The van der Waals surface area contributed by atoms with Gasteiger partial charge in [-0.2, -0.15) is 5.10 Å². The van der Waals surface area contributed by atoms with Crippen molar-refractivity contribution in [2.45, 2.75) is 13.0 Å². The number of ether oxygens (including phenoxy) is 2. The third-order valence-corrected chi connectivity index (χ3v) is 4.63. The summed E-state index contributed by atoms with van der Waals surface area (Å²) in [5.41, 5.74) is 2.32. The summed E-state index contributed by atoms with van der Waals surface area (Å²) in [5, 5.41) is 4.38. The molecule has 0 spiro atoms. The number of likely N-dealkylation sites (N-methyl/N-ethyl adjacent to an activating group) is 1. The van der Waals surface area contributed by atoms with E-state index in [4.69, 9.17) is 9.47 Å². The minimum atomic E-state index is -0.210. The standard InChI is InChI=1S/C21H21N3O3/c1-15-18(12-22-24(15)16-8-4-3-5-9-16)21(25)23(2)13-17-14-26-19-10-6-7-11-20(19)27-17/h3-12,17H,13-14H2,1-2H3/t17-/m1/s1. The Morgan fingerprint density at radius 1 is 1.15 bits per heavy atom. The number of nitrogens with zero attached hydrogens (tertiary/aromatic N) is 3. The van der Waals surface area contributed by atoms with E-state index in [1.165, 1.54) is 0 Å². The zero-order valence-electron chi connectivity index (χ0n) is 15.3. The molecule has 0 aliphatic carbocycles. The molecule has 1 atom stereocenters. The molecule has 2 heterocycles. The molecule has 6 heteroatoms. The van der Waals surface area contributed by atoms with Crippen LogP contribution in [-0.4, -0.2) is 46.9 Å². The average Bonchev–Trinajstić information content (AvgIpc) is 3.09. The molecule has 138 valence electrons. The molecule has 0 radical (unpaired) electrons. The first-order valence-corrected chi connectivity index (χ1v) is 8.87. The van der Waals surface area contributed by atoms with Crippen LogP contribution in [-0.2, 0) is 0 Å². The zero-order valence-corrected chi connectivity index (χ0v) is 15.3. The number of rotatable bonds is 4. The van der Waals surface area contributed by atoms with Gasteiger partial charge in [-0.05, 0) is 31.2 Å². The summed E-state index contributed by atoms with van der Waals surface area (Å²) < 4.78 is 13.5. The second kappa shape index (κ2) is 7.15. The summed E-state index contributed by atoms with van der Waals surface area (Å²) in [4.78, 5) is 14.6. The molecule has 0 unspecified atom stereocenters. The number of carbonyl (C=O) groups is 1. The van der Waals surface area contributed by atoms with Crippen LogP contribution in [0.3, 0.4) is 0 Å². The highest BCUT2D eigenvalue weighted by Gasteiger charge is 2.25. The summed E-state index contributed by atoms with van der Waals surface area (Å²) in [6, 6.07) is 17.3. The van der Waals surface area contributed by atoms with E-state index >= 15 is 0 Å². The van der Waals surface area contributed by atoms with E-state index in [2.05, 4.69) is 5.10 Å². The van der Waals surface area contributed by atoms with E-state index in [9.17, 15) is 4.79 Å². The van der Waals surface area contributed by atoms with Crippen LogP contribution in [0.25, 0.3) is 5.69 Å². The predicted octanol–water partition coefficient (Wildman–Crippen LogP) is 3.09. The van der Waals surface area contributed by atoms with Gasteiger partial charge in [0.2, 0.25) is 0 Å². The summed E-state index contributed by atoms with van der Waals surface area (Å²) in [6.07, 6.45) is 1.41. The van der Waals surface area contributed by atoms with Gasteiger partial charge >= 0.3 is 0 Å². The number of amides is 1. The van der Waals surface area contributed by atoms with E-state index < -0.39 is 0 Å². The highest BCUT2D eigenvalue weighted by molar-refractivity contribution is 5.95. The van der Waals surface area contributed by atoms with Crippen LogP contribution in [0.2, 0.25) is 0 Å². The van der Waals surface area contributed by atoms with Crippen LogP contribution >= 0.6 is 0 Å². The number of carbonyl (C=O) groups excluding carboxylic acids is 1. The molecule has 1 aliphatic heterocycles. The Labute approximate surface area is 157 Å². The predicted molar refractivity (Wildman–Crippen MR) is 102 cm³/mol. The van der Waals surface area contributed by atoms with Crippen molar-refractivity contribution >= 4 is 5.91 Å². The lowest BCUT2D eigenvalue weighted by atomic mass is 10.2. The van der Waals surface area contributed by atoms with Crippen molar-refractivity contribution in [3.8, 4) is 17.2 Å². The van der Waals surface area contributed by atoms with Crippen molar-refractivity contribution in [3.05, 3.63) is 72.1 Å². The second-order valence-corrected chi connectivity index (χ2v) is 6.57. The average molecular weight is 363 g/mol. The number of hydrogen-bond acceptors (Lipinski definition) is 4. The number of aromatic nitrogens is 2. The van der Waals surface area contributed by atoms with Gasteiger partial charge in [0.1, 0.15) is 6.61 Å². The Balaban J connectivity index is 1.47. The van der Waals surface area contributed by atoms with Gasteiger partial charge < -0.3 is 14.4 Å². The zero-order chi connectivity index (χ0) is 18.8. The van der Waals surface area contributed by atoms with Crippen LogP contribution in [0.15, 0.2) is 60.8 Å². The summed E-state index contributed by atoms with van der Waals surface area (Å²) in [7, 11) is 1.77. The van der Waals surface area contributed by atoms with Gasteiger partial charge in [-0.3, -0.25) is 4.79 Å². The third-order valence-electron chi connectivity index (χ3n) is 4.63. The number of benzene rings is 2. The van der Waals surface area contributed by atoms with Gasteiger partial charge in [0.05, 0.1) is 29.7 Å². The molecule has 1 aromatic heterocycles. The van der Waals surface area contributed by atoms with Gasteiger partial charge in [-0.25, -0.2) is 4.68 Å². The molecule has 2 aromatic carbocycles. The summed E-state index contributed by atoms with van der Waals surface area (Å²) in [5.74, 6) is 1.36. The lowest BCUT2D eigenvalue weighted by Crippen LogP contribution is -2.41. The van der Waals surface area contributed by atoms with Gasteiger partial charge in [-0.15, -0.1) is 0 Å². The molecular formula is C21H21N3O3. The van der Waals surface area contributed by atoms with Gasteiger partial charge in [0.15, 0.2) is 17.6 Å². The van der Waals surface area contributed by atoms with Crippen LogP contribution in [0.1, 0.15) is 16.1 Å². The largest absolute Gasteiger partial charge is 0.486 e. The molecule has 0 bridgehead atoms. The maximum absolute atomic E-state index is 12.9. The number of fused-ring (bicyclic) bond motifs is 1. The first kappa shape index (κ1) is 17.1. The fraction of sp³-hybridized carbons (Fsp3) is 0.238. The van der Waals surface area contributed by atoms with E-state index in [0.29, 0.717) is 24.5 Å². The highest BCUT2D eigenvalue weighted by atomic mass is 16.6. The number of hydrogen-bond donors (Lipinski definition) is 0. The molecule has 1 aliphatic rings. The van der Waals surface area contributed by atoms with Gasteiger partial charge in [0.25, 0.3) is 5.91 Å². The molecule has 6 nitrogen and oxygen atoms in total.